The topological polar surface area (TPSA) is 63.6 Å². The third-order valence-corrected chi connectivity index (χ3v) is 4.11. The van der Waals surface area contributed by atoms with Crippen molar-refractivity contribution in [3.8, 4) is 17.5 Å². The van der Waals surface area contributed by atoms with E-state index in [1.165, 1.54) is 0 Å². The van der Waals surface area contributed by atoms with Crippen LogP contribution in [0.15, 0.2) is 79.6 Å². The number of nitrogens with one attached hydrogen (secondary N) is 1. The molecule has 0 aliphatic rings. The normalized spacial score (nSPS) is 10.2. The third kappa shape index (κ3) is 4.02. The van der Waals surface area contributed by atoms with Crippen molar-refractivity contribution in [1.82, 2.24) is 19.7 Å². The number of H-pyrrole nitrogens is 1. The Morgan fingerprint density at radius 2 is 1.96 bits per heavy atom. The van der Waals surface area contributed by atoms with Crippen LogP contribution in [-0.2, 0) is 6.42 Å². The maximum Gasteiger partial charge on any atom is 0.167 e. The van der Waals surface area contributed by atoms with E-state index in [-0.39, 0.29) is 5.78 Å². The predicted octanol–water partition coefficient (Wildman–Crippen LogP) is 3.42. The van der Waals surface area contributed by atoms with E-state index in [1.54, 1.807) is 24.9 Å². The molecule has 0 amide bonds. The molecule has 27 heavy (non-hydrogen) atoms. The van der Waals surface area contributed by atoms with Crippen molar-refractivity contribution < 1.29 is 4.79 Å². The van der Waals surface area contributed by atoms with Crippen LogP contribution in [0.2, 0.25) is 0 Å². The minimum Gasteiger partial charge on any atom is -0.306 e. The molecule has 0 atom stereocenters. The number of aromatic amines is 1. The van der Waals surface area contributed by atoms with Crippen molar-refractivity contribution >= 4 is 5.78 Å². The summed E-state index contributed by atoms with van der Waals surface area (Å²) in [4.78, 5) is 16.8. The fourth-order valence-corrected chi connectivity index (χ4v) is 2.76. The molecule has 4 rings (SSSR count). The summed E-state index contributed by atoms with van der Waals surface area (Å²) >= 11 is 0. The molecule has 0 saturated carbocycles. The summed E-state index contributed by atoms with van der Waals surface area (Å²) in [7, 11) is 0. The molecule has 0 bridgehead atoms. The first-order valence-corrected chi connectivity index (χ1v) is 8.49. The van der Waals surface area contributed by atoms with Gasteiger partial charge in [-0.3, -0.25) is 9.89 Å². The zero-order valence-electron chi connectivity index (χ0n) is 14.5. The van der Waals surface area contributed by atoms with Crippen LogP contribution in [0.3, 0.4) is 0 Å². The van der Waals surface area contributed by atoms with Gasteiger partial charge in [0.1, 0.15) is 0 Å². The summed E-state index contributed by atoms with van der Waals surface area (Å²) in [5.41, 5.74) is 4.21. The van der Waals surface area contributed by atoms with Gasteiger partial charge in [-0.25, -0.2) is 4.98 Å². The van der Waals surface area contributed by atoms with Gasteiger partial charge in [0.25, 0.3) is 0 Å². The number of benzene rings is 2. The van der Waals surface area contributed by atoms with Crippen LogP contribution in [0, 0.1) is 11.8 Å². The van der Waals surface area contributed by atoms with Gasteiger partial charge in [-0.1, -0.05) is 36.1 Å². The maximum absolute atomic E-state index is 12.7. The fourth-order valence-electron chi connectivity index (χ4n) is 2.76. The molecule has 0 aliphatic carbocycles. The van der Waals surface area contributed by atoms with E-state index < -0.39 is 0 Å². The number of carbonyl (C=O) groups excluding carboxylic acids is 1. The van der Waals surface area contributed by atoms with Crippen LogP contribution >= 0.6 is 0 Å². The zero-order chi connectivity index (χ0) is 18.5. The average Bonchev–Trinajstić information content (AvgIpc) is 3.41. The minimum atomic E-state index is 0.0599. The SMILES string of the molecule is O=C(Cc1cccc(-n2ccnc2)c1)c1cccc(C#Cc2cn[nH]c2)c1. The Morgan fingerprint density at radius 1 is 1.07 bits per heavy atom. The molecule has 5 nitrogen and oxygen atoms in total. The number of carbonyl (C=O) groups is 1. The fraction of sp³-hybridized carbons (Fsp3) is 0.0455. The molecule has 0 spiro atoms. The largest absolute Gasteiger partial charge is 0.306 e. The van der Waals surface area contributed by atoms with Gasteiger partial charge in [0, 0.05) is 41.8 Å². The van der Waals surface area contributed by atoms with E-state index in [0.717, 1.165) is 22.4 Å². The lowest BCUT2D eigenvalue weighted by molar-refractivity contribution is 0.0993. The van der Waals surface area contributed by atoms with Crippen LogP contribution in [0.4, 0.5) is 0 Å². The van der Waals surface area contributed by atoms with E-state index in [2.05, 4.69) is 27.0 Å². The standard InChI is InChI=1S/C22H16N4O/c27-22(13-18-4-2-6-21(12-18)26-10-9-23-16-26)20-5-1-3-17(11-20)7-8-19-14-24-25-15-19/h1-6,9-12,14-16H,13H2,(H,24,25). The Kier molecular flexibility index (Phi) is 4.62. The second-order valence-electron chi connectivity index (χ2n) is 6.06. The summed E-state index contributed by atoms with van der Waals surface area (Å²) in [6.07, 6.45) is 9.08. The summed E-state index contributed by atoms with van der Waals surface area (Å²) in [6.45, 7) is 0. The minimum absolute atomic E-state index is 0.0599. The number of hydrogen-bond donors (Lipinski definition) is 1. The van der Waals surface area contributed by atoms with Gasteiger partial charge in [0.15, 0.2) is 5.78 Å². The summed E-state index contributed by atoms with van der Waals surface area (Å²) in [5, 5.41) is 6.59. The van der Waals surface area contributed by atoms with E-state index in [9.17, 15) is 4.79 Å². The Labute approximate surface area is 156 Å². The molecule has 0 radical (unpaired) electrons. The lowest BCUT2D eigenvalue weighted by Crippen LogP contribution is -2.04. The van der Waals surface area contributed by atoms with Crippen molar-refractivity contribution in [2.45, 2.75) is 6.42 Å². The van der Waals surface area contributed by atoms with E-state index in [0.29, 0.717) is 12.0 Å². The van der Waals surface area contributed by atoms with Crippen LogP contribution in [0.5, 0.6) is 0 Å². The highest BCUT2D eigenvalue weighted by atomic mass is 16.1. The van der Waals surface area contributed by atoms with Gasteiger partial charge < -0.3 is 4.57 Å². The van der Waals surface area contributed by atoms with Gasteiger partial charge in [0.05, 0.1) is 18.1 Å². The number of aromatic nitrogens is 4. The molecule has 130 valence electrons. The molecule has 0 unspecified atom stereocenters. The zero-order valence-corrected chi connectivity index (χ0v) is 14.5. The number of Topliss-reactive ketones (excluding diaryl/α,β-unsaturated/α-hetero) is 1. The van der Waals surface area contributed by atoms with Gasteiger partial charge >= 0.3 is 0 Å². The highest BCUT2D eigenvalue weighted by Gasteiger charge is 2.08. The van der Waals surface area contributed by atoms with Crippen LogP contribution in [0.25, 0.3) is 5.69 Å². The second kappa shape index (κ2) is 7.54. The second-order valence-corrected chi connectivity index (χ2v) is 6.06. The highest BCUT2D eigenvalue weighted by Crippen LogP contribution is 2.14. The van der Waals surface area contributed by atoms with Crippen molar-refractivity contribution in [2.24, 2.45) is 0 Å². The van der Waals surface area contributed by atoms with Crippen molar-refractivity contribution in [2.75, 3.05) is 0 Å². The Balaban J connectivity index is 1.52. The van der Waals surface area contributed by atoms with Gasteiger partial charge in [-0.05, 0) is 29.8 Å². The molecular weight excluding hydrogens is 336 g/mol. The Morgan fingerprint density at radius 3 is 2.78 bits per heavy atom. The Bertz CT molecular complexity index is 1120. The quantitative estimate of drug-likeness (QED) is 0.452. The summed E-state index contributed by atoms with van der Waals surface area (Å²) in [5.74, 6) is 6.14. The number of nitrogens with zero attached hydrogens (tertiary/aromatic N) is 3. The summed E-state index contributed by atoms with van der Waals surface area (Å²) in [6, 6.07) is 15.3. The number of hydrogen-bond acceptors (Lipinski definition) is 3. The number of rotatable bonds is 4. The number of ketones is 1. The predicted molar refractivity (Wildman–Crippen MR) is 103 cm³/mol. The maximum atomic E-state index is 12.7. The lowest BCUT2D eigenvalue weighted by atomic mass is 10.0. The first-order valence-electron chi connectivity index (χ1n) is 8.49. The van der Waals surface area contributed by atoms with Crippen LogP contribution in [-0.4, -0.2) is 25.5 Å². The first kappa shape index (κ1) is 16.6. The van der Waals surface area contributed by atoms with Gasteiger partial charge in [0.2, 0.25) is 0 Å². The molecule has 2 aromatic heterocycles. The Hall–Kier alpha value is -3.91. The first-order chi connectivity index (χ1) is 13.3. The third-order valence-electron chi connectivity index (χ3n) is 4.11. The molecule has 0 saturated heterocycles. The van der Waals surface area contributed by atoms with E-state index >= 15 is 0 Å². The lowest BCUT2D eigenvalue weighted by Gasteiger charge is -2.06. The van der Waals surface area contributed by atoms with Crippen molar-refractivity contribution in [3.63, 3.8) is 0 Å². The number of imidazole rings is 1. The molecule has 5 heteroatoms. The van der Waals surface area contributed by atoms with E-state index in [4.69, 9.17) is 0 Å². The molecule has 4 aromatic rings. The molecule has 2 heterocycles. The molecule has 1 N–H and O–H groups in total. The van der Waals surface area contributed by atoms with Crippen LogP contribution in [0.1, 0.15) is 27.0 Å². The average molecular weight is 352 g/mol. The molecule has 0 fully saturated rings. The highest BCUT2D eigenvalue weighted by molar-refractivity contribution is 5.97. The monoisotopic (exact) mass is 352 g/mol. The van der Waals surface area contributed by atoms with Gasteiger partial charge in [-0.2, -0.15) is 5.10 Å². The molecule has 0 aliphatic heterocycles. The van der Waals surface area contributed by atoms with Gasteiger partial charge in [-0.15, -0.1) is 0 Å². The smallest absolute Gasteiger partial charge is 0.167 e. The molecular formula is C22H16N4O. The van der Waals surface area contributed by atoms with Crippen molar-refractivity contribution in [3.05, 3.63) is 102 Å². The molecule has 2 aromatic carbocycles. The van der Waals surface area contributed by atoms with E-state index in [1.807, 2.05) is 59.3 Å². The van der Waals surface area contributed by atoms with Crippen molar-refractivity contribution in [1.29, 1.82) is 0 Å². The summed E-state index contributed by atoms with van der Waals surface area (Å²) < 4.78 is 1.92. The van der Waals surface area contributed by atoms with Crippen LogP contribution < -0.4 is 0 Å².